The molecule has 28 heavy (non-hydrogen) atoms. The van der Waals surface area contributed by atoms with E-state index in [0.29, 0.717) is 26.7 Å². The van der Waals surface area contributed by atoms with Gasteiger partial charge in [-0.2, -0.15) is 0 Å². The van der Waals surface area contributed by atoms with Gasteiger partial charge in [-0.25, -0.2) is 4.21 Å². The van der Waals surface area contributed by atoms with Gasteiger partial charge in [-0.05, 0) is 42.8 Å². The fourth-order valence-corrected chi connectivity index (χ4v) is 3.62. The third-order valence-corrected chi connectivity index (χ3v) is 5.29. The van der Waals surface area contributed by atoms with Crippen molar-refractivity contribution >= 4 is 34.1 Å². The molecule has 0 saturated heterocycles. The molecule has 0 aliphatic heterocycles. The summed E-state index contributed by atoms with van der Waals surface area (Å²) in [5, 5.41) is 0.535. The number of carbonyl (C=O) groups excluding carboxylic acids is 1. The predicted molar refractivity (Wildman–Crippen MR) is 118 cm³/mol. The third kappa shape index (κ3) is 6.04. The Morgan fingerprint density at radius 1 is 0.964 bits per heavy atom. The van der Waals surface area contributed by atoms with E-state index in [1.165, 1.54) is 0 Å². The van der Waals surface area contributed by atoms with Crippen molar-refractivity contribution in [3.8, 4) is 0 Å². The van der Waals surface area contributed by atoms with Gasteiger partial charge in [-0.3, -0.25) is 4.79 Å². The minimum Gasteiger partial charge on any atom is -0.301 e. The van der Waals surface area contributed by atoms with Crippen molar-refractivity contribution in [3.63, 3.8) is 0 Å². The van der Waals surface area contributed by atoms with Crippen LogP contribution in [0.2, 0.25) is 5.02 Å². The second-order valence-electron chi connectivity index (χ2n) is 5.95. The van der Waals surface area contributed by atoms with E-state index in [-0.39, 0.29) is 12.2 Å². The highest BCUT2D eigenvalue weighted by Gasteiger charge is 2.13. The SMILES string of the molecule is CC.Cc1ccc(S(=O)Nc2ccc(Cl)cc2CC(=O)c2ccccc2)cc1. The van der Waals surface area contributed by atoms with Crippen molar-refractivity contribution in [2.24, 2.45) is 0 Å². The van der Waals surface area contributed by atoms with Crippen molar-refractivity contribution in [3.05, 3.63) is 94.5 Å². The Kier molecular flexibility index (Phi) is 8.42. The predicted octanol–water partition coefficient (Wildman–Crippen LogP) is 6.23. The van der Waals surface area contributed by atoms with E-state index in [4.69, 9.17) is 11.6 Å². The molecule has 146 valence electrons. The van der Waals surface area contributed by atoms with E-state index in [2.05, 4.69) is 4.72 Å². The van der Waals surface area contributed by atoms with Crippen LogP contribution >= 0.6 is 11.6 Å². The molecule has 0 aliphatic rings. The molecule has 0 aromatic heterocycles. The highest BCUT2D eigenvalue weighted by Crippen LogP contribution is 2.24. The van der Waals surface area contributed by atoms with Crippen LogP contribution in [-0.2, 0) is 17.4 Å². The Morgan fingerprint density at radius 3 is 2.25 bits per heavy atom. The summed E-state index contributed by atoms with van der Waals surface area (Å²) in [6, 6.07) is 21.8. The van der Waals surface area contributed by atoms with Crippen molar-refractivity contribution in [1.82, 2.24) is 0 Å². The van der Waals surface area contributed by atoms with Crippen LogP contribution in [0.5, 0.6) is 0 Å². The Bertz CT molecular complexity index is 941. The number of aryl methyl sites for hydroxylation is 1. The number of rotatable bonds is 6. The van der Waals surface area contributed by atoms with E-state index in [9.17, 15) is 9.00 Å². The maximum Gasteiger partial charge on any atom is 0.167 e. The van der Waals surface area contributed by atoms with E-state index < -0.39 is 11.0 Å². The summed E-state index contributed by atoms with van der Waals surface area (Å²) in [6.07, 6.45) is 0.179. The number of nitrogens with one attached hydrogen (secondary N) is 1. The molecule has 0 radical (unpaired) electrons. The number of Topliss-reactive ketones (excluding diaryl/α,β-unsaturated/α-hetero) is 1. The van der Waals surface area contributed by atoms with Crippen LogP contribution in [0.1, 0.15) is 35.3 Å². The highest BCUT2D eigenvalue weighted by atomic mass is 35.5. The third-order valence-electron chi connectivity index (χ3n) is 3.95. The zero-order valence-corrected chi connectivity index (χ0v) is 17.8. The van der Waals surface area contributed by atoms with Crippen molar-refractivity contribution in [2.45, 2.75) is 32.1 Å². The van der Waals surface area contributed by atoms with Gasteiger partial charge in [0.15, 0.2) is 5.78 Å². The molecule has 1 atom stereocenters. The summed E-state index contributed by atoms with van der Waals surface area (Å²) in [5.74, 6) is -0.0166. The molecule has 5 heteroatoms. The lowest BCUT2D eigenvalue weighted by molar-refractivity contribution is 0.0993. The quantitative estimate of drug-likeness (QED) is 0.486. The Labute approximate surface area is 174 Å². The van der Waals surface area contributed by atoms with Gasteiger partial charge in [0.1, 0.15) is 11.0 Å². The van der Waals surface area contributed by atoms with Crippen LogP contribution in [0.15, 0.2) is 77.7 Å². The lowest BCUT2D eigenvalue weighted by atomic mass is 10.0. The van der Waals surface area contributed by atoms with Crippen LogP contribution < -0.4 is 4.72 Å². The number of benzene rings is 3. The normalized spacial score (nSPS) is 11.1. The Balaban J connectivity index is 0.00000136. The first-order valence-electron chi connectivity index (χ1n) is 9.15. The highest BCUT2D eigenvalue weighted by molar-refractivity contribution is 7.86. The number of hydrogen-bond donors (Lipinski definition) is 1. The lowest BCUT2D eigenvalue weighted by Crippen LogP contribution is -2.10. The molecular formula is C23H24ClNO2S. The molecule has 3 rings (SSSR count). The van der Waals surface area contributed by atoms with E-state index in [1.54, 1.807) is 30.3 Å². The van der Waals surface area contributed by atoms with Crippen molar-refractivity contribution in [2.75, 3.05) is 4.72 Å². The van der Waals surface area contributed by atoms with E-state index in [1.807, 2.05) is 63.2 Å². The zero-order valence-electron chi connectivity index (χ0n) is 16.2. The first-order valence-corrected chi connectivity index (χ1v) is 10.7. The second-order valence-corrected chi connectivity index (χ2v) is 7.60. The zero-order chi connectivity index (χ0) is 20.5. The maximum atomic E-state index is 12.6. The summed E-state index contributed by atoms with van der Waals surface area (Å²) < 4.78 is 15.6. The van der Waals surface area contributed by atoms with Crippen LogP contribution in [0.25, 0.3) is 0 Å². The number of anilines is 1. The van der Waals surface area contributed by atoms with Crippen LogP contribution in [0, 0.1) is 6.92 Å². The molecule has 1 unspecified atom stereocenters. The summed E-state index contributed by atoms with van der Waals surface area (Å²) in [4.78, 5) is 13.2. The summed E-state index contributed by atoms with van der Waals surface area (Å²) in [6.45, 7) is 5.98. The van der Waals surface area contributed by atoms with Gasteiger partial charge in [0, 0.05) is 17.0 Å². The van der Waals surface area contributed by atoms with Crippen LogP contribution in [0.4, 0.5) is 5.69 Å². The number of carbonyl (C=O) groups is 1. The van der Waals surface area contributed by atoms with Crippen LogP contribution in [-0.4, -0.2) is 9.99 Å². The molecule has 0 saturated carbocycles. The standard InChI is InChI=1S/C21H18ClNO2S.C2H6/c1-15-7-10-19(11-8-15)26(25)23-20-12-9-18(22)13-17(20)14-21(24)16-5-3-2-4-6-16;1-2/h2-13,23H,14H2,1H3;1-2H3. The molecule has 3 nitrogen and oxygen atoms in total. The number of hydrogen-bond acceptors (Lipinski definition) is 2. The molecule has 0 bridgehead atoms. The topological polar surface area (TPSA) is 46.2 Å². The molecule has 1 N–H and O–H groups in total. The van der Waals surface area contributed by atoms with Gasteiger partial charge in [0.2, 0.25) is 0 Å². The lowest BCUT2D eigenvalue weighted by Gasteiger charge is -2.12. The molecule has 0 aliphatic carbocycles. The maximum absolute atomic E-state index is 12.6. The first-order chi connectivity index (χ1) is 13.5. The van der Waals surface area contributed by atoms with E-state index in [0.717, 1.165) is 5.56 Å². The monoisotopic (exact) mass is 413 g/mol. The van der Waals surface area contributed by atoms with Gasteiger partial charge in [-0.15, -0.1) is 0 Å². The largest absolute Gasteiger partial charge is 0.301 e. The molecule has 0 amide bonds. The molecule has 3 aromatic carbocycles. The van der Waals surface area contributed by atoms with E-state index >= 15 is 0 Å². The molecular weight excluding hydrogens is 390 g/mol. The average Bonchev–Trinajstić information content (AvgIpc) is 2.72. The molecule has 0 fully saturated rings. The van der Waals surface area contributed by atoms with Gasteiger partial charge < -0.3 is 4.72 Å². The average molecular weight is 414 g/mol. The Morgan fingerprint density at radius 2 is 1.61 bits per heavy atom. The van der Waals surface area contributed by atoms with Gasteiger partial charge >= 0.3 is 0 Å². The summed E-state index contributed by atoms with van der Waals surface area (Å²) in [7, 11) is -1.42. The molecule has 0 spiro atoms. The molecule has 3 aromatic rings. The number of ketones is 1. The fraction of sp³-hybridized carbons (Fsp3) is 0.174. The summed E-state index contributed by atoms with van der Waals surface area (Å²) in [5.41, 5.74) is 3.09. The molecule has 0 heterocycles. The van der Waals surface area contributed by atoms with Gasteiger partial charge in [-0.1, -0.05) is 73.5 Å². The fourth-order valence-electron chi connectivity index (χ4n) is 2.53. The minimum absolute atomic E-state index is 0.0166. The Hall–Kier alpha value is -2.43. The minimum atomic E-state index is -1.42. The van der Waals surface area contributed by atoms with Crippen molar-refractivity contribution in [1.29, 1.82) is 0 Å². The second kappa shape index (κ2) is 10.8. The first kappa shape index (κ1) is 21.9. The van der Waals surface area contributed by atoms with Gasteiger partial charge in [0.05, 0.1) is 10.6 Å². The van der Waals surface area contributed by atoms with Crippen LogP contribution in [0.3, 0.4) is 0 Å². The smallest absolute Gasteiger partial charge is 0.167 e. The van der Waals surface area contributed by atoms with Gasteiger partial charge in [0.25, 0.3) is 0 Å². The summed E-state index contributed by atoms with van der Waals surface area (Å²) >= 11 is 6.10. The number of halogens is 1. The van der Waals surface area contributed by atoms with Crippen molar-refractivity contribution < 1.29 is 9.00 Å².